The largest absolute Gasteiger partial charge is 0.373 e. The summed E-state index contributed by atoms with van der Waals surface area (Å²) < 4.78 is 23.8. The first-order valence-electron chi connectivity index (χ1n) is 9.88. The number of hydrogen-bond donors (Lipinski definition) is 1. The highest BCUT2D eigenvalue weighted by molar-refractivity contribution is 5.93. The molecule has 1 aromatic carbocycles. The molecule has 3 aromatic rings. The number of nitrogens with one attached hydrogen (secondary N) is 1. The first kappa shape index (κ1) is 18.1. The number of carbonyl (C=O) groups excluding carboxylic acids is 1. The molecule has 0 fully saturated rings. The van der Waals surface area contributed by atoms with Gasteiger partial charge < -0.3 is 14.6 Å². The summed E-state index contributed by atoms with van der Waals surface area (Å²) in [7, 11) is 0. The van der Waals surface area contributed by atoms with Gasteiger partial charge in [0.05, 0.1) is 43.2 Å². The minimum atomic E-state index is -0.354. The summed E-state index contributed by atoms with van der Waals surface area (Å²) in [4.78, 5) is 17.2. The van der Waals surface area contributed by atoms with Gasteiger partial charge in [0.25, 0.3) is 5.91 Å². The molecule has 2 aromatic heterocycles. The van der Waals surface area contributed by atoms with E-state index in [9.17, 15) is 9.18 Å². The van der Waals surface area contributed by atoms with E-state index in [2.05, 4.69) is 20.0 Å². The highest BCUT2D eigenvalue weighted by atomic mass is 19.1. The minimum absolute atomic E-state index is 0.211. The average Bonchev–Trinajstić information content (AvgIpc) is 3.33. The third kappa shape index (κ3) is 3.04. The number of imidazole rings is 1. The Morgan fingerprint density at radius 3 is 3.07 bits per heavy atom. The van der Waals surface area contributed by atoms with Crippen LogP contribution in [0, 0.1) is 12.7 Å². The molecule has 5 rings (SSSR count). The molecule has 150 valence electrons. The molecule has 7 nitrogen and oxygen atoms in total. The summed E-state index contributed by atoms with van der Waals surface area (Å²) in [6.07, 6.45) is 6.47. The number of carbonyl (C=O) groups is 1. The van der Waals surface area contributed by atoms with Gasteiger partial charge in [-0.25, -0.2) is 14.1 Å². The van der Waals surface area contributed by atoms with E-state index < -0.39 is 0 Å². The first-order valence-corrected chi connectivity index (χ1v) is 9.88. The fourth-order valence-corrected chi connectivity index (χ4v) is 4.24. The third-order valence-corrected chi connectivity index (χ3v) is 5.73. The Morgan fingerprint density at radius 1 is 1.31 bits per heavy atom. The summed E-state index contributed by atoms with van der Waals surface area (Å²) in [5.74, 6) is -0.552. The Morgan fingerprint density at radius 2 is 2.21 bits per heavy atom. The number of nitrogens with zero attached hydrogens (tertiary/aromatic N) is 4. The maximum absolute atomic E-state index is 14.5. The molecule has 0 radical (unpaired) electrons. The van der Waals surface area contributed by atoms with Gasteiger partial charge in [-0.1, -0.05) is 12.1 Å². The average molecular weight is 395 g/mol. The number of amides is 1. The topological polar surface area (TPSA) is 74.0 Å². The number of aryl methyl sites for hydroxylation is 2. The molecule has 0 unspecified atom stereocenters. The zero-order valence-corrected chi connectivity index (χ0v) is 16.2. The Labute approximate surface area is 167 Å². The van der Waals surface area contributed by atoms with Crippen LogP contribution in [0.2, 0.25) is 0 Å². The third-order valence-electron chi connectivity index (χ3n) is 5.73. The smallest absolute Gasteiger partial charge is 0.272 e. The molecule has 0 saturated carbocycles. The molecule has 1 amide bonds. The zero-order valence-electron chi connectivity index (χ0n) is 16.2. The van der Waals surface area contributed by atoms with Gasteiger partial charge in [0.2, 0.25) is 0 Å². The fourth-order valence-electron chi connectivity index (χ4n) is 4.24. The van der Waals surface area contributed by atoms with Crippen LogP contribution in [-0.2, 0) is 24.3 Å². The Balaban J connectivity index is 1.44. The first-order chi connectivity index (χ1) is 14.1. The lowest BCUT2D eigenvalue weighted by Crippen LogP contribution is -2.35. The van der Waals surface area contributed by atoms with Crippen LogP contribution in [0.1, 0.15) is 51.9 Å². The zero-order chi connectivity index (χ0) is 20.0. The number of fused-ring (bicyclic) bond motifs is 2. The number of benzene rings is 1. The summed E-state index contributed by atoms with van der Waals surface area (Å²) in [6.45, 7) is 3.41. The molecule has 1 atom stereocenters. The Hall–Kier alpha value is -3.00. The van der Waals surface area contributed by atoms with Crippen LogP contribution in [0.5, 0.6) is 0 Å². The number of rotatable bonds is 3. The van der Waals surface area contributed by atoms with Crippen LogP contribution < -0.4 is 5.32 Å². The molecule has 0 saturated heterocycles. The van der Waals surface area contributed by atoms with Gasteiger partial charge in [-0.3, -0.25) is 4.79 Å². The van der Waals surface area contributed by atoms with Crippen LogP contribution >= 0.6 is 0 Å². The lowest BCUT2D eigenvalue weighted by Gasteiger charge is -2.25. The van der Waals surface area contributed by atoms with Crippen molar-refractivity contribution in [3.63, 3.8) is 0 Å². The molecular formula is C21H22FN5O2. The van der Waals surface area contributed by atoms with E-state index >= 15 is 0 Å². The van der Waals surface area contributed by atoms with Gasteiger partial charge >= 0.3 is 0 Å². The quantitative estimate of drug-likeness (QED) is 0.740. The minimum Gasteiger partial charge on any atom is -0.373 e. The van der Waals surface area contributed by atoms with E-state index in [1.165, 1.54) is 6.07 Å². The predicted molar refractivity (Wildman–Crippen MR) is 103 cm³/mol. The van der Waals surface area contributed by atoms with Crippen LogP contribution in [0.3, 0.4) is 0 Å². The summed E-state index contributed by atoms with van der Waals surface area (Å²) in [5.41, 5.74) is 4.26. The van der Waals surface area contributed by atoms with Gasteiger partial charge in [0.1, 0.15) is 17.2 Å². The number of aromatic nitrogens is 4. The summed E-state index contributed by atoms with van der Waals surface area (Å²) >= 11 is 0. The lowest BCUT2D eigenvalue weighted by atomic mass is 10.0. The van der Waals surface area contributed by atoms with Crippen molar-refractivity contribution < 1.29 is 13.9 Å². The van der Waals surface area contributed by atoms with Crippen LogP contribution in [-0.4, -0.2) is 31.8 Å². The number of halogens is 1. The molecule has 0 spiro atoms. The van der Waals surface area contributed by atoms with Crippen molar-refractivity contribution in [1.29, 1.82) is 0 Å². The highest BCUT2D eigenvalue weighted by Crippen LogP contribution is 2.29. The Bertz CT molecular complexity index is 1070. The molecular weight excluding hydrogens is 373 g/mol. The maximum atomic E-state index is 14.5. The molecule has 2 aliphatic heterocycles. The number of hydrogen-bond acceptors (Lipinski definition) is 4. The molecule has 8 heteroatoms. The van der Waals surface area contributed by atoms with Crippen molar-refractivity contribution in [2.24, 2.45) is 0 Å². The van der Waals surface area contributed by atoms with Crippen LogP contribution in [0.4, 0.5) is 4.39 Å². The number of ether oxygens (including phenoxy) is 1. The van der Waals surface area contributed by atoms with E-state index in [1.54, 1.807) is 23.3 Å². The van der Waals surface area contributed by atoms with Crippen molar-refractivity contribution in [1.82, 2.24) is 24.6 Å². The normalized spacial score (nSPS) is 18.2. The SMILES string of the molecule is Cc1cccc(F)c1-n1ncc2c1COC[C@H]2NC(=O)c1ncn2c1CCCC2. The fraction of sp³-hybridized carbons (Fsp3) is 0.381. The van der Waals surface area contributed by atoms with Gasteiger partial charge in [-0.15, -0.1) is 0 Å². The molecule has 0 bridgehead atoms. The molecule has 29 heavy (non-hydrogen) atoms. The summed E-state index contributed by atoms with van der Waals surface area (Å²) in [5, 5.41) is 7.44. The Kier molecular flexibility index (Phi) is 4.43. The predicted octanol–water partition coefficient (Wildman–Crippen LogP) is 2.85. The molecule has 2 aliphatic rings. The second-order valence-corrected chi connectivity index (χ2v) is 7.60. The monoisotopic (exact) mass is 395 g/mol. The van der Waals surface area contributed by atoms with E-state index in [4.69, 9.17) is 4.74 Å². The second-order valence-electron chi connectivity index (χ2n) is 7.60. The van der Waals surface area contributed by atoms with Crippen LogP contribution in [0.25, 0.3) is 5.69 Å². The standard InChI is InChI=1S/C21H22FN5O2/c1-13-5-4-6-15(22)20(13)27-18-11-29-10-16(14(18)9-24-27)25-21(28)19-17-7-2-3-8-26(17)12-23-19/h4-6,9,12,16H,2-3,7-8,10-11H2,1H3,(H,25,28)/t16-/m1/s1. The molecule has 4 heterocycles. The van der Waals surface area contributed by atoms with Crippen molar-refractivity contribution in [3.05, 3.63) is 64.7 Å². The van der Waals surface area contributed by atoms with Gasteiger partial charge in [-0.05, 0) is 37.8 Å². The number of para-hydroxylation sites is 1. The maximum Gasteiger partial charge on any atom is 0.272 e. The highest BCUT2D eigenvalue weighted by Gasteiger charge is 2.30. The van der Waals surface area contributed by atoms with Crippen molar-refractivity contribution in [2.45, 2.75) is 45.4 Å². The van der Waals surface area contributed by atoms with Gasteiger partial charge in [0, 0.05) is 12.1 Å². The van der Waals surface area contributed by atoms with Gasteiger partial charge in [-0.2, -0.15) is 5.10 Å². The van der Waals surface area contributed by atoms with Crippen molar-refractivity contribution >= 4 is 5.91 Å². The van der Waals surface area contributed by atoms with Crippen molar-refractivity contribution in [3.8, 4) is 5.69 Å². The van der Waals surface area contributed by atoms with Crippen LogP contribution in [0.15, 0.2) is 30.7 Å². The second kappa shape index (κ2) is 7.11. The van der Waals surface area contributed by atoms with E-state index in [-0.39, 0.29) is 17.8 Å². The molecule has 1 N–H and O–H groups in total. The van der Waals surface area contributed by atoms with Gasteiger partial charge in [0.15, 0.2) is 0 Å². The van der Waals surface area contributed by atoms with E-state index in [0.717, 1.165) is 48.3 Å². The van der Waals surface area contributed by atoms with E-state index in [1.807, 2.05) is 13.0 Å². The lowest BCUT2D eigenvalue weighted by molar-refractivity contribution is 0.0683. The van der Waals surface area contributed by atoms with E-state index in [0.29, 0.717) is 24.6 Å². The van der Waals surface area contributed by atoms with Crippen molar-refractivity contribution in [2.75, 3.05) is 6.61 Å². The summed E-state index contributed by atoms with van der Waals surface area (Å²) in [6, 6.07) is 4.58. The molecule has 0 aliphatic carbocycles.